The van der Waals surface area contributed by atoms with E-state index >= 15 is 0 Å². The molecule has 0 aromatic rings. The van der Waals surface area contributed by atoms with Crippen LogP contribution in [0.4, 0.5) is 0 Å². The van der Waals surface area contributed by atoms with Crippen LogP contribution in [0.1, 0.15) is 174 Å². The summed E-state index contributed by atoms with van der Waals surface area (Å²) >= 11 is 0. The molecule has 0 aromatic carbocycles. The van der Waals surface area contributed by atoms with Gasteiger partial charge in [0.25, 0.3) is 0 Å². The third-order valence-electron chi connectivity index (χ3n) is 6.99. The molecule has 0 amide bonds. The van der Waals surface area contributed by atoms with Gasteiger partial charge < -0.3 is 9.84 Å². The summed E-state index contributed by atoms with van der Waals surface area (Å²) in [5.74, 6) is -0.808. The number of carboxylic acid groups (broad SMARTS) is 1. The van der Waals surface area contributed by atoms with Crippen LogP contribution < -0.4 is 0 Å². The van der Waals surface area contributed by atoms with Gasteiger partial charge in [-0.1, -0.05) is 116 Å². The summed E-state index contributed by atoms with van der Waals surface area (Å²) in [4.78, 5) is 23.2. The van der Waals surface area contributed by atoms with Gasteiger partial charge in [0, 0.05) is 12.8 Å². The topological polar surface area (TPSA) is 63.6 Å². The van der Waals surface area contributed by atoms with Gasteiger partial charge in [-0.3, -0.25) is 9.59 Å². The number of ether oxygens (including phenoxy) is 1. The number of allylic oxidation sites excluding steroid dienone is 2. The van der Waals surface area contributed by atoms with Crippen molar-refractivity contribution in [1.29, 1.82) is 0 Å². The van der Waals surface area contributed by atoms with Crippen molar-refractivity contribution in [2.45, 2.75) is 180 Å². The largest absolute Gasteiger partial charge is 0.481 e. The molecule has 0 rings (SSSR count). The Labute approximate surface area is 224 Å². The van der Waals surface area contributed by atoms with E-state index in [2.05, 4.69) is 26.0 Å². The van der Waals surface area contributed by atoms with Crippen molar-refractivity contribution in [3.63, 3.8) is 0 Å². The summed E-state index contributed by atoms with van der Waals surface area (Å²) in [6.45, 7) is 4.48. The zero-order valence-electron chi connectivity index (χ0n) is 24.1. The van der Waals surface area contributed by atoms with Crippen LogP contribution in [0, 0.1) is 0 Å². The smallest absolute Gasteiger partial charge is 0.306 e. The SMILES string of the molecule is CCCC/C=C\CCCCCCCCC(=O)OC(CCCCCCCCCCC)CCCCC(=O)O. The van der Waals surface area contributed by atoms with Crippen LogP contribution in [-0.4, -0.2) is 23.1 Å². The first kappa shape index (κ1) is 34.7. The van der Waals surface area contributed by atoms with Crippen molar-refractivity contribution in [2.75, 3.05) is 0 Å². The van der Waals surface area contributed by atoms with E-state index in [1.807, 2.05) is 0 Å². The van der Waals surface area contributed by atoms with Crippen LogP contribution in [-0.2, 0) is 14.3 Å². The van der Waals surface area contributed by atoms with Crippen LogP contribution in [0.5, 0.6) is 0 Å². The fraction of sp³-hybridized carbons (Fsp3) is 0.875. The van der Waals surface area contributed by atoms with Gasteiger partial charge in [0.1, 0.15) is 6.10 Å². The first-order valence-corrected chi connectivity index (χ1v) is 15.7. The molecule has 0 saturated carbocycles. The number of carbonyl (C=O) groups excluding carboxylic acids is 1. The highest BCUT2D eigenvalue weighted by Crippen LogP contribution is 2.18. The van der Waals surface area contributed by atoms with Crippen LogP contribution >= 0.6 is 0 Å². The first-order valence-electron chi connectivity index (χ1n) is 15.7. The molecular formula is C32H60O4. The predicted octanol–water partition coefficient (Wildman–Crippen LogP) is 10.3. The maximum Gasteiger partial charge on any atom is 0.306 e. The number of rotatable bonds is 28. The van der Waals surface area contributed by atoms with Crippen molar-refractivity contribution in [3.8, 4) is 0 Å². The summed E-state index contributed by atoms with van der Waals surface area (Å²) in [6.07, 6.45) is 32.1. The summed E-state index contributed by atoms with van der Waals surface area (Å²) in [5, 5.41) is 8.87. The number of aliphatic carboxylic acids is 1. The minimum absolute atomic E-state index is 0.0405. The highest BCUT2D eigenvalue weighted by Gasteiger charge is 2.14. The van der Waals surface area contributed by atoms with Gasteiger partial charge in [-0.25, -0.2) is 0 Å². The summed E-state index contributed by atoms with van der Waals surface area (Å²) < 4.78 is 5.84. The molecule has 0 aromatic heterocycles. The Balaban J connectivity index is 3.94. The second-order valence-electron chi connectivity index (χ2n) is 10.6. The molecule has 0 spiro atoms. The molecule has 36 heavy (non-hydrogen) atoms. The third-order valence-corrected chi connectivity index (χ3v) is 6.99. The van der Waals surface area contributed by atoms with Crippen molar-refractivity contribution >= 4 is 11.9 Å². The zero-order valence-corrected chi connectivity index (χ0v) is 24.1. The van der Waals surface area contributed by atoms with Crippen LogP contribution in [0.15, 0.2) is 12.2 Å². The Bertz CT molecular complexity index is 514. The molecule has 4 heteroatoms. The molecule has 1 N–H and O–H groups in total. The van der Waals surface area contributed by atoms with Gasteiger partial charge in [-0.2, -0.15) is 0 Å². The van der Waals surface area contributed by atoms with E-state index in [-0.39, 0.29) is 18.5 Å². The maximum atomic E-state index is 12.4. The van der Waals surface area contributed by atoms with Gasteiger partial charge in [0.2, 0.25) is 0 Å². The van der Waals surface area contributed by atoms with E-state index in [0.29, 0.717) is 12.8 Å². The van der Waals surface area contributed by atoms with Crippen LogP contribution in [0.3, 0.4) is 0 Å². The predicted molar refractivity (Wildman–Crippen MR) is 153 cm³/mol. The maximum absolute atomic E-state index is 12.4. The van der Waals surface area contributed by atoms with E-state index in [4.69, 9.17) is 9.84 Å². The Morgan fingerprint density at radius 1 is 0.583 bits per heavy atom. The quantitative estimate of drug-likeness (QED) is 0.0648. The Kier molecular flexibility index (Phi) is 27.2. The van der Waals surface area contributed by atoms with Crippen molar-refractivity contribution in [2.24, 2.45) is 0 Å². The molecule has 0 saturated heterocycles. The molecule has 212 valence electrons. The molecule has 0 aliphatic heterocycles. The number of carbonyl (C=O) groups is 2. The van der Waals surface area contributed by atoms with Gasteiger partial charge in [0.15, 0.2) is 0 Å². The Morgan fingerprint density at radius 2 is 1.03 bits per heavy atom. The molecule has 0 fully saturated rings. The van der Waals surface area contributed by atoms with Gasteiger partial charge >= 0.3 is 11.9 Å². The number of hydrogen-bond acceptors (Lipinski definition) is 3. The van der Waals surface area contributed by atoms with Crippen molar-refractivity contribution in [3.05, 3.63) is 12.2 Å². The molecular weight excluding hydrogens is 448 g/mol. The number of esters is 1. The van der Waals surface area contributed by atoms with Gasteiger partial charge in [0.05, 0.1) is 0 Å². The molecule has 1 unspecified atom stereocenters. The Morgan fingerprint density at radius 3 is 1.61 bits per heavy atom. The van der Waals surface area contributed by atoms with Crippen LogP contribution in [0.25, 0.3) is 0 Å². The molecule has 0 aliphatic rings. The van der Waals surface area contributed by atoms with E-state index in [9.17, 15) is 9.59 Å². The molecule has 1 atom stereocenters. The van der Waals surface area contributed by atoms with E-state index < -0.39 is 5.97 Å². The fourth-order valence-electron chi connectivity index (χ4n) is 4.63. The average Bonchev–Trinajstić information content (AvgIpc) is 2.85. The van der Waals surface area contributed by atoms with E-state index in [1.165, 1.54) is 103 Å². The lowest BCUT2D eigenvalue weighted by Gasteiger charge is -2.18. The third kappa shape index (κ3) is 27.3. The Hall–Kier alpha value is -1.32. The number of carboxylic acids is 1. The number of hydrogen-bond donors (Lipinski definition) is 1. The molecule has 0 aliphatic carbocycles. The monoisotopic (exact) mass is 508 g/mol. The lowest BCUT2D eigenvalue weighted by atomic mass is 10.0. The van der Waals surface area contributed by atoms with E-state index in [1.54, 1.807) is 0 Å². The second kappa shape index (κ2) is 28.3. The van der Waals surface area contributed by atoms with Crippen molar-refractivity contribution in [1.82, 2.24) is 0 Å². The molecule has 0 radical (unpaired) electrons. The molecule has 0 bridgehead atoms. The van der Waals surface area contributed by atoms with Gasteiger partial charge in [-0.05, 0) is 57.8 Å². The zero-order chi connectivity index (χ0) is 26.5. The lowest BCUT2D eigenvalue weighted by Crippen LogP contribution is -2.18. The van der Waals surface area contributed by atoms with E-state index in [0.717, 1.165) is 38.5 Å². The van der Waals surface area contributed by atoms with Gasteiger partial charge in [-0.15, -0.1) is 0 Å². The highest BCUT2D eigenvalue weighted by molar-refractivity contribution is 5.69. The fourth-order valence-corrected chi connectivity index (χ4v) is 4.63. The first-order chi connectivity index (χ1) is 17.6. The molecule has 4 nitrogen and oxygen atoms in total. The minimum atomic E-state index is -0.745. The van der Waals surface area contributed by atoms with Crippen LogP contribution in [0.2, 0.25) is 0 Å². The average molecular weight is 509 g/mol. The summed E-state index contributed by atoms with van der Waals surface area (Å²) in [5.41, 5.74) is 0. The minimum Gasteiger partial charge on any atom is -0.481 e. The highest BCUT2D eigenvalue weighted by atomic mass is 16.5. The normalized spacial score (nSPS) is 12.3. The number of unbranched alkanes of at least 4 members (excludes halogenated alkanes) is 17. The van der Waals surface area contributed by atoms with Crippen molar-refractivity contribution < 1.29 is 19.4 Å². The lowest BCUT2D eigenvalue weighted by molar-refractivity contribution is -0.150. The second-order valence-corrected chi connectivity index (χ2v) is 10.6. The molecule has 0 heterocycles. The summed E-state index contributed by atoms with van der Waals surface area (Å²) in [7, 11) is 0. The standard InChI is InChI=1S/C32H60O4/c1-3-5-7-9-11-13-14-15-17-19-21-23-29-32(35)36-30(27-24-25-28-31(33)34)26-22-20-18-16-12-10-8-6-4-2/h9,11,30H,3-8,10,12-29H2,1-2H3,(H,33,34)/b11-9-. The summed E-state index contributed by atoms with van der Waals surface area (Å²) in [6, 6.07) is 0.